The second-order valence-electron chi connectivity index (χ2n) is 8.46. The Hall–Kier alpha value is -3.11. The van der Waals surface area contributed by atoms with Gasteiger partial charge in [-0.05, 0) is 31.9 Å². The molecule has 0 spiro atoms. The van der Waals surface area contributed by atoms with E-state index < -0.39 is 5.82 Å². The van der Waals surface area contributed by atoms with Gasteiger partial charge in [0.1, 0.15) is 11.6 Å². The minimum atomic E-state index is -0.549. The Balaban J connectivity index is 1.44. The molecule has 0 saturated carbocycles. The number of hydrogen-bond donors (Lipinski definition) is 2. The Morgan fingerprint density at radius 2 is 2.00 bits per heavy atom. The standard InChI is InChI=1S/C22H25FN6O3/c1-3-29-9-18(23)15-6-17(19(30)7-16(15)22(29)31)21-24-8-20(26-27-21)28(2)14-4-12-10-32-11-13(5-14)25-12/h6-9,12-14,25,30H,3-5,10-11H2,1-2H3. The third-order valence-electron chi connectivity index (χ3n) is 6.42. The quantitative estimate of drug-likeness (QED) is 0.631. The molecule has 2 fully saturated rings. The van der Waals surface area contributed by atoms with Gasteiger partial charge >= 0.3 is 0 Å². The molecular formula is C22H25FN6O3. The summed E-state index contributed by atoms with van der Waals surface area (Å²) in [4.78, 5) is 18.9. The summed E-state index contributed by atoms with van der Waals surface area (Å²) in [6.07, 6.45) is 4.65. The fourth-order valence-corrected chi connectivity index (χ4v) is 4.66. The molecule has 1 aromatic carbocycles. The van der Waals surface area contributed by atoms with E-state index in [1.807, 2.05) is 7.05 Å². The van der Waals surface area contributed by atoms with Crippen LogP contribution in [0.4, 0.5) is 10.2 Å². The summed E-state index contributed by atoms with van der Waals surface area (Å²) in [5.41, 5.74) is -0.140. The van der Waals surface area contributed by atoms with Crippen molar-refractivity contribution in [2.75, 3.05) is 25.2 Å². The average Bonchev–Trinajstić information content (AvgIpc) is 2.80. The topological polar surface area (TPSA) is 105 Å². The number of pyridine rings is 1. The summed E-state index contributed by atoms with van der Waals surface area (Å²) < 4.78 is 21.5. The normalized spacial score (nSPS) is 22.8. The first-order valence-corrected chi connectivity index (χ1v) is 10.8. The predicted molar refractivity (Wildman–Crippen MR) is 117 cm³/mol. The summed E-state index contributed by atoms with van der Waals surface area (Å²) >= 11 is 0. The van der Waals surface area contributed by atoms with E-state index in [9.17, 15) is 14.3 Å². The smallest absolute Gasteiger partial charge is 0.258 e. The van der Waals surface area contributed by atoms with E-state index in [0.717, 1.165) is 12.8 Å². The van der Waals surface area contributed by atoms with Crippen LogP contribution in [0.15, 0.2) is 29.3 Å². The number of aryl methyl sites for hydroxylation is 1. The Labute approximate surface area is 183 Å². The summed E-state index contributed by atoms with van der Waals surface area (Å²) in [7, 11) is 1.97. The summed E-state index contributed by atoms with van der Waals surface area (Å²) in [6, 6.07) is 3.62. The molecule has 10 heteroatoms. The van der Waals surface area contributed by atoms with Crippen molar-refractivity contribution in [3.63, 3.8) is 0 Å². The number of phenols is 1. The van der Waals surface area contributed by atoms with Crippen molar-refractivity contribution in [3.05, 3.63) is 40.7 Å². The van der Waals surface area contributed by atoms with Gasteiger partial charge in [0, 0.05) is 43.3 Å². The molecule has 2 aliphatic rings. The Morgan fingerprint density at radius 1 is 1.25 bits per heavy atom. The van der Waals surface area contributed by atoms with Gasteiger partial charge in [-0.25, -0.2) is 9.37 Å². The van der Waals surface area contributed by atoms with Crippen LogP contribution in [0, 0.1) is 5.82 Å². The second-order valence-corrected chi connectivity index (χ2v) is 8.46. The van der Waals surface area contributed by atoms with Crippen LogP contribution in [0.3, 0.4) is 0 Å². The third-order valence-corrected chi connectivity index (χ3v) is 6.42. The summed E-state index contributed by atoms with van der Waals surface area (Å²) in [5, 5.41) is 22.8. The van der Waals surface area contributed by atoms with Crippen LogP contribution in [0.5, 0.6) is 5.75 Å². The predicted octanol–water partition coefficient (Wildman–Crippen LogP) is 1.67. The van der Waals surface area contributed by atoms with Gasteiger partial charge in [0.25, 0.3) is 5.56 Å². The van der Waals surface area contributed by atoms with Crippen LogP contribution >= 0.6 is 0 Å². The van der Waals surface area contributed by atoms with Gasteiger partial charge in [-0.15, -0.1) is 10.2 Å². The van der Waals surface area contributed by atoms with Gasteiger partial charge < -0.3 is 24.6 Å². The number of aromatic nitrogens is 4. The lowest BCUT2D eigenvalue weighted by Crippen LogP contribution is -2.58. The number of halogens is 1. The van der Waals surface area contributed by atoms with Crippen LogP contribution in [-0.2, 0) is 11.3 Å². The zero-order valence-electron chi connectivity index (χ0n) is 18.0. The first kappa shape index (κ1) is 20.8. The molecule has 2 saturated heterocycles. The van der Waals surface area contributed by atoms with Gasteiger partial charge in [-0.3, -0.25) is 4.79 Å². The lowest BCUT2D eigenvalue weighted by Gasteiger charge is -2.43. The maximum absolute atomic E-state index is 14.6. The second kappa shape index (κ2) is 8.10. The number of fused-ring (bicyclic) bond motifs is 3. The first-order valence-electron chi connectivity index (χ1n) is 10.8. The van der Waals surface area contributed by atoms with Crippen molar-refractivity contribution >= 4 is 16.6 Å². The molecule has 2 bridgehead atoms. The van der Waals surface area contributed by atoms with E-state index in [1.165, 1.54) is 22.9 Å². The fraction of sp³-hybridized carbons (Fsp3) is 0.455. The van der Waals surface area contributed by atoms with Crippen molar-refractivity contribution in [2.24, 2.45) is 0 Å². The maximum atomic E-state index is 14.6. The lowest BCUT2D eigenvalue weighted by molar-refractivity contribution is 0.0183. The highest BCUT2D eigenvalue weighted by atomic mass is 19.1. The van der Waals surface area contributed by atoms with Crippen LogP contribution in [0.25, 0.3) is 22.2 Å². The molecule has 2 unspecified atom stereocenters. The summed E-state index contributed by atoms with van der Waals surface area (Å²) in [5.74, 6) is 0.0394. The van der Waals surface area contributed by atoms with E-state index >= 15 is 0 Å². The highest BCUT2D eigenvalue weighted by Crippen LogP contribution is 2.32. The number of phenolic OH excluding ortho intramolecular Hbond substituents is 1. The fourth-order valence-electron chi connectivity index (χ4n) is 4.66. The minimum absolute atomic E-state index is 0.109. The Morgan fingerprint density at radius 3 is 2.66 bits per heavy atom. The van der Waals surface area contributed by atoms with Gasteiger partial charge in [0.2, 0.25) is 0 Å². The van der Waals surface area contributed by atoms with Gasteiger partial charge in [0.15, 0.2) is 11.6 Å². The van der Waals surface area contributed by atoms with E-state index in [0.29, 0.717) is 43.7 Å². The van der Waals surface area contributed by atoms with Crippen LogP contribution in [0.2, 0.25) is 0 Å². The molecule has 2 aromatic heterocycles. The highest BCUT2D eigenvalue weighted by Gasteiger charge is 2.34. The number of ether oxygens (including phenoxy) is 1. The molecule has 0 amide bonds. The Bertz CT molecular complexity index is 1200. The molecule has 9 nitrogen and oxygen atoms in total. The van der Waals surface area contributed by atoms with Crippen LogP contribution in [-0.4, -0.2) is 63.2 Å². The van der Waals surface area contributed by atoms with Crippen molar-refractivity contribution in [2.45, 2.75) is 44.4 Å². The molecule has 2 atom stereocenters. The molecule has 3 aromatic rings. The van der Waals surface area contributed by atoms with Crippen LogP contribution < -0.4 is 15.8 Å². The zero-order valence-corrected chi connectivity index (χ0v) is 18.0. The van der Waals surface area contributed by atoms with Gasteiger partial charge in [-0.1, -0.05) is 0 Å². The number of benzene rings is 1. The molecule has 0 aliphatic carbocycles. The number of hydrogen-bond acceptors (Lipinski definition) is 8. The van der Waals surface area contributed by atoms with Crippen molar-refractivity contribution in [1.82, 2.24) is 25.1 Å². The molecule has 2 aliphatic heterocycles. The van der Waals surface area contributed by atoms with E-state index in [-0.39, 0.29) is 33.5 Å². The van der Waals surface area contributed by atoms with Gasteiger partial charge in [0.05, 0.1) is 30.4 Å². The maximum Gasteiger partial charge on any atom is 0.258 e. The number of nitrogens with zero attached hydrogens (tertiary/aromatic N) is 5. The highest BCUT2D eigenvalue weighted by molar-refractivity contribution is 5.89. The number of morpholine rings is 1. The lowest BCUT2D eigenvalue weighted by atomic mass is 9.92. The van der Waals surface area contributed by atoms with Crippen molar-refractivity contribution in [3.8, 4) is 17.1 Å². The van der Waals surface area contributed by atoms with Crippen molar-refractivity contribution in [1.29, 1.82) is 0 Å². The SMILES string of the molecule is CCn1cc(F)c2cc(-c3ncc(N(C)C4CC5COCC(C4)N5)nn3)c(O)cc2c1=O. The van der Waals surface area contributed by atoms with E-state index in [4.69, 9.17) is 4.74 Å². The Kier molecular flexibility index (Phi) is 5.26. The molecule has 4 heterocycles. The molecule has 2 N–H and O–H groups in total. The molecule has 168 valence electrons. The number of anilines is 1. The molecule has 32 heavy (non-hydrogen) atoms. The number of aromatic hydroxyl groups is 1. The monoisotopic (exact) mass is 440 g/mol. The van der Waals surface area contributed by atoms with Crippen molar-refractivity contribution < 1.29 is 14.2 Å². The number of nitrogens with one attached hydrogen (secondary N) is 1. The zero-order chi connectivity index (χ0) is 22.4. The van der Waals surface area contributed by atoms with Crippen LogP contribution in [0.1, 0.15) is 19.8 Å². The van der Waals surface area contributed by atoms with Gasteiger partial charge in [-0.2, -0.15) is 0 Å². The first-order chi connectivity index (χ1) is 15.4. The largest absolute Gasteiger partial charge is 0.507 e. The third kappa shape index (κ3) is 3.59. The molecule has 0 radical (unpaired) electrons. The summed E-state index contributed by atoms with van der Waals surface area (Å²) in [6.45, 7) is 3.51. The number of rotatable bonds is 4. The average molecular weight is 440 g/mol. The van der Waals surface area contributed by atoms with E-state index in [2.05, 4.69) is 25.4 Å². The molecule has 5 rings (SSSR count). The minimum Gasteiger partial charge on any atom is -0.507 e. The molecular weight excluding hydrogens is 415 g/mol. The number of piperidine rings is 1. The van der Waals surface area contributed by atoms with E-state index in [1.54, 1.807) is 13.1 Å².